The lowest BCUT2D eigenvalue weighted by molar-refractivity contribution is 0.275. The third kappa shape index (κ3) is 4.73. The van der Waals surface area contributed by atoms with Crippen LogP contribution in [0.2, 0.25) is 0 Å². The number of nitrogens with zero attached hydrogens (tertiary/aromatic N) is 2. The van der Waals surface area contributed by atoms with Gasteiger partial charge in [-0.2, -0.15) is 5.10 Å². The number of likely N-dealkylation sites (tertiary alicyclic amines) is 1. The van der Waals surface area contributed by atoms with Gasteiger partial charge in [-0.1, -0.05) is 18.2 Å². The molecule has 0 amide bonds. The molecule has 0 unspecified atom stereocenters. The maximum atomic E-state index is 4.56. The Morgan fingerprint density at radius 1 is 0.905 bits per heavy atom. The topological polar surface area (TPSA) is 27.6 Å². The van der Waals surface area contributed by atoms with Gasteiger partial charge in [0.05, 0.1) is 11.4 Å². The summed E-state index contributed by atoms with van der Waals surface area (Å²) in [4.78, 5) is 2.56. The number of para-hydroxylation sites is 1. The van der Waals surface area contributed by atoms with Gasteiger partial charge >= 0.3 is 0 Å². The number of benzene rings is 1. The van der Waals surface area contributed by atoms with Crippen molar-refractivity contribution in [1.82, 2.24) is 4.90 Å². The zero-order valence-corrected chi connectivity index (χ0v) is 14.8. The van der Waals surface area contributed by atoms with Crippen molar-refractivity contribution >= 4 is 35.4 Å². The number of hydrazone groups is 1. The molecule has 1 heterocycles. The summed E-state index contributed by atoms with van der Waals surface area (Å²) in [5.74, 6) is 0. The van der Waals surface area contributed by atoms with Crippen LogP contribution in [-0.4, -0.2) is 23.7 Å². The molecule has 0 aromatic heterocycles. The molecule has 1 aliphatic heterocycles. The van der Waals surface area contributed by atoms with Gasteiger partial charge in [0, 0.05) is 18.8 Å². The van der Waals surface area contributed by atoms with Crippen LogP contribution in [0, 0.1) is 0 Å². The van der Waals surface area contributed by atoms with E-state index in [0.717, 1.165) is 12.1 Å². The molecule has 3 rings (SSSR count). The van der Waals surface area contributed by atoms with Crippen LogP contribution in [0.15, 0.2) is 47.2 Å². The normalized spacial score (nSPS) is 20.7. The molecule has 0 spiro atoms. The van der Waals surface area contributed by atoms with Crippen LogP contribution in [0.25, 0.3) is 0 Å². The molecule has 2 aliphatic rings. The van der Waals surface area contributed by atoms with Gasteiger partial charge in [-0.25, -0.2) is 0 Å². The third-order valence-electron chi connectivity index (χ3n) is 4.06. The highest BCUT2D eigenvalue weighted by molar-refractivity contribution is 14.0. The van der Waals surface area contributed by atoms with E-state index in [2.05, 4.69) is 21.5 Å². The molecule has 114 valence electrons. The standard InChI is InChI=1S/C17H23N3.HI/c1-3-8-15(9-4-1)18-19-16-10-7-11-17(14-16)20-12-5-2-6-13-20;/h1,3-4,8-9,14,18H,2,5-7,10-13H2;1H/b19-16-;. The van der Waals surface area contributed by atoms with Gasteiger partial charge in [0.25, 0.3) is 0 Å². The Morgan fingerprint density at radius 2 is 1.67 bits per heavy atom. The molecule has 1 aromatic rings. The fourth-order valence-electron chi connectivity index (χ4n) is 2.96. The smallest absolute Gasteiger partial charge is 0.0624 e. The van der Waals surface area contributed by atoms with Crippen molar-refractivity contribution in [3.8, 4) is 0 Å². The lowest BCUT2D eigenvalue weighted by Gasteiger charge is -2.32. The Morgan fingerprint density at radius 3 is 2.43 bits per heavy atom. The summed E-state index contributed by atoms with van der Waals surface area (Å²) in [6.07, 6.45) is 9.88. The minimum atomic E-state index is 0. The molecule has 0 bridgehead atoms. The maximum Gasteiger partial charge on any atom is 0.0624 e. The predicted octanol–water partition coefficient (Wildman–Crippen LogP) is 4.63. The van der Waals surface area contributed by atoms with E-state index in [1.165, 1.54) is 56.6 Å². The number of halogens is 1. The molecule has 0 radical (unpaired) electrons. The number of anilines is 1. The highest BCUT2D eigenvalue weighted by atomic mass is 127. The summed E-state index contributed by atoms with van der Waals surface area (Å²) in [5, 5.41) is 4.56. The molecule has 3 nitrogen and oxygen atoms in total. The zero-order chi connectivity index (χ0) is 13.6. The first kappa shape index (κ1) is 16.3. The summed E-state index contributed by atoms with van der Waals surface area (Å²) in [7, 11) is 0. The monoisotopic (exact) mass is 397 g/mol. The Balaban J connectivity index is 0.00000161. The Kier molecular flexibility index (Phi) is 6.54. The Labute approximate surface area is 144 Å². The maximum absolute atomic E-state index is 4.56. The van der Waals surface area contributed by atoms with Crippen LogP contribution in [0.1, 0.15) is 38.5 Å². The van der Waals surface area contributed by atoms with Gasteiger partial charge in [-0.05, 0) is 56.7 Å². The molecule has 1 fully saturated rings. The molecule has 0 saturated carbocycles. The number of hydrogen-bond donors (Lipinski definition) is 1. The van der Waals surface area contributed by atoms with Gasteiger partial charge in [0.2, 0.25) is 0 Å². The summed E-state index contributed by atoms with van der Waals surface area (Å²) in [6.45, 7) is 2.45. The lowest BCUT2D eigenvalue weighted by Crippen LogP contribution is -2.30. The number of nitrogens with one attached hydrogen (secondary N) is 1. The molecule has 21 heavy (non-hydrogen) atoms. The van der Waals surface area contributed by atoms with Gasteiger partial charge in [0.15, 0.2) is 0 Å². The van der Waals surface area contributed by atoms with Crippen LogP contribution in [0.5, 0.6) is 0 Å². The molecule has 1 saturated heterocycles. The van der Waals surface area contributed by atoms with Crippen molar-refractivity contribution in [2.75, 3.05) is 18.5 Å². The summed E-state index contributed by atoms with van der Waals surface area (Å²) >= 11 is 0. The van der Waals surface area contributed by atoms with Crippen molar-refractivity contribution in [3.63, 3.8) is 0 Å². The molecular weight excluding hydrogens is 373 g/mol. The summed E-state index contributed by atoms with van der Waals surface area (Å²) < 4.78 is 0. The lowest BCUT2D eigenvalue weighted by atomic mass is 10.00. The van der Waals surface area contributed by atoms with Crippen molar-refractivity contribution in [1.29, 1.82) is 0 Å². The van der Waals surface area contributed by atoms with Crippen LogP contribution in [0.3, 0.4) is 0 Å². The molecule has 0 atom stereocenters. The third-order valence-corrected chi connectivity index (χ3v) is 4.06. The second-order valence-electron chi connectivity index (χ2n) is 5.62. The Hall–Kier alpha value is -1.04. The Bertz CT molecular complexity index is 490. The van der Waals surface area contributed by atoms with E-state index < -0.39 is 0 Å². The van der Waals surface area contributed by atoms with E-state index in [4.69, 9.17) is 0 Å². The summed E-state index contributed by atoms with van der Waals surface area (Å²) in [5.41, 5.74) is 6.89. The highest BCUT2D eigenvalue weighted by Gasteiger charge is 2.17. The van der Waals surface area contributed by atoms with Crippen LogP contribution in [0.4, 0.5) is 5.69 Å². The minimum absolute atomic E-state index is 0. The fraction of sp³-hybridized carbons (Fsp3) is 0.471. The zero-order valence-electron chi connectivity index (χ0n) is 12.4. The van der Waals surface area contributed by atoms with E-state index in [-0.39, 0.29) is 24.0 Å². The number of allylic oxidation sites excluding steroid dienone is 2. The SMILES string of the molecule is C1=C(N2CCCCC2)CCC/C1=N/Nc1ccccc1.I. The highest BCUT2D eigenvalue weighted by Crippen LogP contribution is 2.23. The molecule has 1 aromatic carbocycles. The van der Waals surface area contributed by atoms with E-state index >= 15 is 0 Å². The fourth-order valence-corrected chi connectivity index (χ4v) is 2.96. The van der Waals surface area contributed by atoms with Crippen molar-refractivity contribution < 1.29 is 0 Å². The number of rotatable bonds is 3. The van der Waals surface area contributed by atoms with Gasteiger partial charge in [-0.15, -0.1) is 24.0 Å². The van der Waals surface area contributed by atoms with Crippen LogP contribution < -0.4 is 5.43 Å². The van der Waals surface area contributed by atoms with Gasteiger partial charge in [0.1, 0.15) is 0 Å². The van der Waals surface area contributed by atoms with E-state index in [9.17, 15) is 0 Å². The largest absolute Gasteiger partial charge is 0.375 e. The predicted molar refractivity (Wildman–Crippen MR) is 100 cm³/mol. The quantitative estimate of drug-likeness (QED) is 0.595. The molecular formula is C17H24IN3. The first-order valence-electron chi connectivity index (χ1n) is 7.75. The van der Waals surface area contributed by atoms with Gasteiger partial charge < -0.3 is 4.90 Å². The van der Waals surface area contributed by atoms with Crippen LogP contribution >= 0.6 is 24.0 Å². The van der Waals surface area contributed by atoms with Crippen molar-refractivity contribution in [3.05, 3.63) is 42.1 Å². The average molecular weight is 397 g/mol. The number of piperidine rings is 1. The minimum Gasteiger partial charge on any atom is -0.375 e. The van der Waals surface area contributed by atoms with Crippen molar-refractivity contribution in [2.45, 2.75) is 38.5 Å². The van der Waals surface area contributed by atoms with Crippen LogP contribution in [-0.2, 0) is 0 Å². The van der Waals surface area contributed by atoms with Gasteiger partial charge in [-0.3, -0.25) is 5.43 Å². The van der Waals surface area contributed by atoms with E-state index in [1.54, 1.807) is 0 Å². The van der Waals surface area contributed by atoms with E-state index in [1.807, 2.05) is 30.3 Å². The van der Waals surface area contributed by atoms with E-state index in [0.29, 0.717) is 0 Å². The van der Waals surface area contributed by atoms with Crippen molar-refractivity contribution in [2.24, 2.45) is 5.10 Å². The first-order chi connectivity index (χ1) is 9.92. The second-order valence-corrected chi connectivity index (χ2v) is 5.62. The summed E-state index contributed by atoms with van der Waals surface area (Å²) in [6, 6.07) is 10.2. The second kappa shape index (κ2) is 8.41. The number of hydrogen-bond acceptors (Lipinski definition) is 3. The molecule has 1 aliphatic carbocycles. The molecule has 4 heteroatoms. The first-order valence-corrected chi connectivity index (χ1v) is 7.75. The average Bonchev–Trinajstić information content (AvgIpc) is 2.55. The molecule has 1 N–H and O–H groups in total.